The number of aromatic nitrogens is 4. The second-order valence-corrected chi connectivity index (χ2v) is 19.4. The highest BCUT2D eigenvalue weighted by molar-refractivity contribution is 14.1. The SMILES string of the molecule is CC(C)(C)OC(=O)Nc1ncc(-c2cccc(C#Cc3cccc(Cl)c3)c2)n1C(=O)OC(C)(C)C.CC(C)(C)OC(=O)Nc1ncc(-c2cccc(I)c2)n1C(=O)OC(C)(C)C. The van der Waals surface area contributed by atoms with Gasteiger partial charge in [-0.2, -0.15) is 0 Å². The number of nitrogens with zero attached hydrogens (tertiary/aromatic N) is 4. The molecule has 2 heterocycles. The molecule has 0 spiro atoms. The second-order valence-electron chi connectivity index (χ2n) is 17.7. The monoisotopic (exact) mass is 978 g/mol. The van der Waals surface area contributed by atoms with Crippen LogP contribution in [0.5, 0.6) is 0 Å². The number of amides is 2. The van der Waals surface area contributed by atoms with E-state index >= 15 is 0 Å². The predicted octanol–water partition coefficient (Wildman–Crippen LogP) is 12.0. The highest BCUT2D eigenvalue weighted by Crippen LogP contribution is 2.28. The van der Waals surface area contributed by atoms with E-state index in [1.54, 1.807) is 95.2 Å². The summed E-state index contributed by atoms with van der Waals surface area (Å²) >= 11 is 8.23. The van der Waals surface area contributed by atoms with Gasteiger partial charge in [0.15, 0.2) is 0 Å². The highest BCUT2D eigenvalue weighted by atomic mass is 127. The molecule has 2 N–H and O–H groups in total. The summed E-state index contributed by atoms with van der Waals surface area (Å²) in [5.74, 6) is 6.21. The molecule has 328 valence electrons. The summed E-state index contributed by atoms with van der Waals surface area (Å²) in [6.45, 7) is 21.1. The van der Waals surface area contributed by atoms with E-state index in [1.165, 1.54) is 21.5 Å². The predicted molar refractivity (Wildman–Crippen MR) is 248 cm³/mol. The maximum Gasteiger partial charge on any atom is 0.421 e. The standard InChI is InChI=1S/C27H28ClN3O4.C19H24IN3O4/c1-26(2,3)34-24(32)30-23-29-17-22(31(23)25(33)35-27(4,5)6)20-11-7-9-18(15-20)13-14-19-10-8-12-21(28)16-19;1-18(2,3)26-16(24)22-15-21-11-14(12-8-7-9-13(20)10-12)23(15)17(25)27-19(4,5)6/h7-12,15-17H,1-6H3,(H,29,30,32);7-11H,1-6H3,(H,21,22,24). The lowest BCUT2D eigenvalue weighted by Crippen LogP contribution is -2.31. The van der Waals surface area contributed by atoms with E-state index in [1.807, 2.05) is 60.7 Å². The Balaban J connectivity index is 0.000000282. The van der Waals surface area contributed by atoms with Crippen molar-refractivity contribution in [2.45, 2.75) is 105 Å². The zero-order chi connectivity index (χ0) is 46.2. The van der Waals surface area contributed by atoms with Gasteiger partial charge in [-0.15, -0.1) is 0 Å². The number of imidazole rings is 2. The van der Waals surface area contributed by atoms with Gasteiger partial charge in [0.2, 0.25) is 11.9 Å². The van der Waals surface area contributed by atoms with Crippen LogP contribution in [0.4, 0.5) is 31.1 Å². The van der Waals surface area contributed by atoms with Gasteiger partial charge < -0.3 is 18.9 Å². The Morgan fingerprint density at radius 3 is 1.35 bits per heavy atom. The minimum atomic E-state index is -0.758. The van der Waals surface area contributed by atoms with Crippen molar-refractivity contribution in [1.29, 1.82) is 0 Å². The van der Waals surface area contributed by atoms with Crippen LogP contribution < -0.4 is 10.6 Å². The van der Waals surface area contributed by atoms with E-state index in [0.717, 1.165) is 20.3 Å². The molecule has 0 unspecified atom stereocenters. The number of nitrogens with one attached hydrogen (secondary N) is 2. The molecule has 0 aliphatic carbocycles. The van der Waals surface area contributed by atoms with Crippen molar-refractivity contribution in [1.82, 2.24) is 19.1 Å². The van der Waals surface area contributed by atoms with E-state index in [-0.39, 0.29) is 11.9 Å². The molecule has 16 heteroatoms. The van der Waals surface area contributed by atoms with E-state index in [2.05, 4.69) is 55.0 Å². The second kappa shape index (κ2) is 19.9. The van der Waals surface area contributed by atoms with Gasteiger partial charge in [0.25, 0.3) is 0 Å². The third-order valence-electron chi connectivity index (χ3n) is 7.36. The summed E-state index contributed by atoms with van der Waals surface area (Å²) in [5.41, 5.74) is 1.03. The normalized spacial score (nSPS) is 11.5. The Morgan fingerprint density at radius 1 is 0.565 bits per heavy atom. The summed E-state index contributed by atoms with van der Waals surface area (Å²) in [7, 11) is 0. The number of hydrogen-bond acceptors (Lipinski definition) is 10. The first-order valence-corrected chi connectivity index (χ1v) is 20.9. The van der Waals surface area contributed by atoms with E-state index in [4.69, 9.17) is 30.5 Å². The fraction of sp³-hybridized carbons (Fsp3) is 0.348. The maximum absolute atomic E-state index is 13.1. The molecule has 5 aromatic rings. The van der Waals surface area contributed by atoms with Crippen molar-refractivity contribution in [3.8, 4) is 34.4 Å². The number of carbonyl (C=O) groups is 4. The zero-order valence-corrected chi connectivity index (χ0v) is 39.8. The largest absolute Gasteiger partial charge is 0.444 e. The van der Waals surface area contributed by atoms with Crippen molar-refractivity contribution in [3.05, 3.63) is 105 Å². The lowest BCUT2D eigenvalue weighted by atomic mass is 10.1. The van der Waals surface area contributed by atoms with Crippen molar-refractivity contribution < 1.29 is 38.1 Å². The quantitative estimate of drug-likeness (QED) is 0.101. The molecular weight excluding hydrogens is 927 g/mol. The summed E-state index contributed by atoms with van der Waals surface area (Å²) in [4.78, 5) is 58.8. The van der Waals surface area contributed by atoms with Crippen molar-refractivity contribution in [3.63, 3.8) is 0 Å². The molecule has 0 fully saturated rings. The zero-order valence-electron chi connectivity index (χ0n) is 36.9. The summed E-state index contributed by atoms with van der Waals surface area (Å²) < 4.78 is 25.1. The Hall–Kier alpha value is -5.86. The smallest absolute Gasteiger partial charge is 0.421 e. The van der Waals surface area contributed by atoms with Crippen LogP contribution in [0.15, 0.2) is 85.2 Å². The van der Waals surface area contributed by atoms with Crippen molar-refractivity contribution in [2.75, 3.05) is 10.6 Å². The van der Waals surface area contributed by atoms with Gasteiger partial charge in [-0.05, 0) is 148 Å². The molecule has 0 saturated carbocycles. The summed E-state index contributed by atoms with van der Waals surface area (Å²) in [6, 6.07) is 22.2. The minimum absolute atomic E-state index is 0.0149. The van der Waals surface area contributed by atoms with E-state index in [0.29, 0.717) is 22.0 Å². The van der Waals surface area contributed by atoms with Crippen LogP contribution in [-0.4, -0.2) is 65.9 Å². The van der Waals surface area contributed by atoms with Crippen LogP contribution in [0.2, 0.25) is 5.02 Å². The van der Waals surface area contributed by atoms with Gasteiger partial charge in [0.1, 0.15) is 22.4 Å². The lowest BCUT2D eigenvalue weighted by molar-refractivity contribution is 0.0526. The maximum atomic E-state index is 13.1. The Bertz CT molecular complexity index is 2490. The van der Waals surface area contributed by atoms with Gasteiger partial charge in [-0.1, -0.05) is 53.8 Å². The first kappa shape index (κ1) is 48.8. The molecule has 3 aromatic carbocycles. The van der Waals surface area contributed by atoms with Gasteiger partial charge >= 0.3 is 24.4 Å². The van der Waals surface area contributed by atoms with E-state index < -0.39 is 46.8 Å². The molecule has 0 bridgehead atoms. The Morgan fingerprint density at radius 2 is 0.952 bits per heavy atom. The summed E-state index contributed by atoms with van der Waals surface area (Å²) in [6.07, 6.45) is 0.237. The van der Waals surface area contributed by atoms with Gasteiger partial charge in [-0.25, -0.2) is 38.3 Å². The molecule has 2 aromatic heterocycles. The fourth-order valence-electron chi connectivity index (χ4n) is 5.18. The van der Waals surface area contributed by atoms with Crippen molar-refractivity contribution >= 4 is 70.5 Å². The van der Waals surface area contributed by atoms with Crippen molar-refractivity contribution in [2.24, 2.45) is 0 Å². The number of ether oxygens (including phenoxy) is 4. The molecule has 14 nitrogen and oxygen atoms in total. The molecule has 5 rings (SSSR count). The molecule has 0 aliphatic rings. The molecule has 0 radical (unpaired) electrons. The van der Waals surface area contributed by atoms with Crippen LogP contribution in [0.25, 0.3) is 22.5 Å². The Labute approximate surface area is 381 Å². The number of benzene rings is 3. The van der Waals surface area contributed by atoms with Gasteiger partial charge in [0, 0.05) is 30.8 Å². The third-order valence-corrected chi connectivity index (χ3v) is 8.26. The number of hydrogen-bond donors (Lipinski definition) is 2. The average Bonchev–Trinajstić information content (AvgIpc) is 3.72. The molecule has 0 aliphatic heterocycles. The third kappa shape index (κ3) is 15.6. The van der Waals surface area contributed by atoms with Gasteiger partial charge in [0.05, 0.1) is 23.8 Å². The lowest BCUT2D eigenvalue weighted by Gasteiger charge is -2.22. The average molecular weight is 979 g/mol. The molecule has 0 atom stereocenters. The number of carbonyl (C=O) groups excluding carboxylic acids is 4. The minimum Gasteiger partial charge on any atom is -0.444 e. The van der Waals surface area contributed by atoms with Crippen LogP contribution in [-0.2, 0) is 18.9 Å². The highest BCUT2D eigenvalue weighted by Gasteiger charge is 2.28. The topological polar surface area (TPSA) is 165 Å². The fourth-order valence-corrected chi connectivity index (χ4v) is 5.91. The molecule has 2 amide bonds. The Kier molecular flexibility index (Phi) is 15.7. The van der Waals surface area contributed by atoms with Crippen LogP contribution in [0.1, 0.15) is 94.2 Å². The first-order valence-electron chi connectivity index (χ1n) is 19.4. The van der Waals surface area contributed by atoms with Crippen LogP contribution in [0, 0.1) is 15.4 Å². The summed E-state index contributed by atoms with van der Waals surface area (Å²) in [5, 5.41) is 5.67. The number of rotatable bonds is 4. The molecular formula is C46H52ClIN6O8. The number of anilines is 2. The van der Waals surface area contributed by atoms with E-state index in [9.17, 15) is 19.2 Å². The van der Waals surface area contributed by atoms with Crippen LogP contribution in [0.3, 0.4) is 0 Å². The van der Waals surface area contributed by atoms with Gasteiger partial charge in [-0.3, -0.25) is 10.6 Å². The molecule has 0 saturated heterocycles. The first-order chi connectivity index (χ1) is 28.7. The van der Waals surface area contributed by atoms with Crippen LogP contribution >= 0.6 is 34.2 Å². The molecule has 62 heavy (non-hydrogen) atoms. The number of halogens is 2.